The van der Waals surface area contributed by atoms with Crippen molar-refractivity contribution < 1.29 is 19.4 Å². The number of ether oxygens (including phenoxy) is 2. The molecule has 2 fully saturated rings. The second kappa shape index (κ2) is 8.44. The molecule has 1 aromatic carbocycles. The van der Waals surface area contributed by atoms with Gasteiger partial charge in [0.1, 0.15) is 11.2 Å². The first-order valence-corrected chi connectivity index (χ1v) is 11.1. The fourth-order valence-electron chi connectivity index (χ4n) is 4.53. The van der Waals surface area contributed by atoms with E-state index in [2.05, 4.69) is 20.9 Å². The molecule has 32 heavy (non-hydrogen) atoms. The van der Waals surface area contributed by atoms with Gasteiger partial charge in [-0.1, -0.05) is 24.3 Å². The summed E-state index contributed by atoms with van der Waals surface area (Å²) in [6.45, 7) is 5.90. The summed E-state index contributed by atoms with van der Waals surface area (Å²) in [4.78, 5) is 24.0. The third-order valence-electron chi connectivity index (χ3n) is 6.39. The molecular formula is C24H28N4O4. The Kier molecular flexibility index (Phi) is 5.48. The Balaban J connectivity index is 1.36. The van der Waals surface area contributed by atoms with Gasteiger partial charge in [-0.15, -0.1) is 0 Å². The van der Waals surface area contributed by atoms with Gasteiger partial charge in [-0.2, -0.15) is 0 Å². The zero-order chi connectivity index (χ0) is 22.1. The molecule has 0 unspecified atom stereocenters. The number of carbonyl (C=O) groups is 1. The van der Waals surface area contributed by atoms with Crippen molar-refractivity contribution in [3.63, 3.8) is 0 Å². The number of aromatic amines is 1. The molecule has 1 atom stereocenters. The summed E-state index contributed by atoms with van der Waals surface area (Å²) in [6, 6.07) is 12.1. The van der Waals surface area contributed by atoms with Crippen LogP contribution < -0.4 is 4.90 Å². The number of aliphatic hydroxyl groups is 1. The molecule has 168 valence electrons. The maximum absolute atomic E-state index is 12.0. The van der Waals surface area contributed by atoms with Gasteiger partial charge in [0, 0.05) is 62.2 Å². The van der Waals surface area contributed by atoms with E-state index in [9.17, 15) is 9.90 Å². The fraction of sp³-hybridized carbons (Fsp3) is 0.417. The maximum Gasteiger partial charge on any atom is 0.409 e. The van der Waals surface area contributed by atoms with E-state index in [0.717, 1.165) is 46.6 Å². The van der Waals surface area contributed by atoms with Crippen LogP contribution in [0.5, 0.6) is 0 Å². The van der Waals surface area contributed by atoms with Gasteiger partial charge in [0.15, 0.2) is 0 Å². The largest absolute Gasteiger partial charge is 0.450 e. The molecular weight excluding hydrogens is 408 g/mol. The Labute approximate surface area is 186 Å². The van der Waals surface area contributed by atoms with Crippen molar-refractivity contribution in [2.75, 3.05) is 50.9 Å². The van der Waals surface area contributed by atoms with Crippen LogP contribution in [0, 0.1) is 0 Å². The molecule has 2 aromatic heterocycles. The molecule has 2 aliphatic heterocycles. The number of anilines is 1. The normalized spacial score (nSPS) is 21.3. The predicted octanol–water partition coefficient (Wildman–Crippen LogP) is 3.12. The van der Waals surface area contributed by atoms with E-state index in [1.165, 1.54) is 0 Å². The third kappa shape index (κ3) is 3.80. The molecule has 8 heteroatoms. The number of nitrogens with zero attached hydrogens (tertiary/aromatic N) is 3. The number of aromatic nitrogens is 2. The molecule has 0 bridgehead atoms. The van der Waals surface area contributed by atoms with Crippen molar-refractivity contribution in [1.29, 1.82) is 0 Å². The van der Waals surface area contributed by atoms with E-state index in [1.807, 2.05) is 43.5 Å². The SMILES string of the molecule is CCOC(=O)N1CCN(c2ccnc3[nH]c(-c4ccc([C@]5(O)CCOC5)cc4)cc23)CC1. The summed E-state index contributed by atoms with van der Waals surface area (Å²) in [7, 11) is 0. The Hall–Kier alpha value is -3.10. The minimum atomic E-state index is -0.889. The molecule has 0 spiro atoms. The number of H-pyrrole nitrogens is 1. The molecule has 0 aliphatic carbocycles. The number of hydrogen-bond donors (Lipinski definition) is 2. The molecule has 0 saturated carbocycles. The van der Waals surface area contributed by atoms with E-state index in [-0.39, 0.29) is 6.09 Å². The van der Waals surface area contributed by atoms with Crippen LogP contribution in [0.25, 0.3) is 22.3 Å². The molecule has 5 rings (SSSR count). The van der Waals surface area contributed by atoms with Crippen molar-refractivity contribution in [2.45, 2.75) is 18.9 Å². The smallest absolute Gasteiger partial charge is 0.409 e. The highest BCUT2D eigenvalue weighted by molar-refractivity contribution is 5.94. The van der Waals surface area contributed by atoms with Crippen LogP contribution in [0.1, 0.15) is 18.9 Å². The van der Waals surface area contributed by atoms with Crippen LogP contribution >= 0.6 is 0 Å². The summed E-state index contributed by atoms with van der Waals surface area (Å²) in [5.41, 5.74) is 3.94. The molecule has 1 amide bonds. The summed E-state index contributed by atoms with van der Waals surface area (Å²) < 4.78 is 10.5. The van der Waals surface area contributed by atoms with Gasteiger partial charge in [0.05, 0.1) is 13.2 Å². The van der Waals surface area contributed by atoms with E-state index in [4.69, 9.17) is 9.47 Å². The van der Waals surface area contributed by atoms with Crippen LogP contribution in [-0.2, 0) is 15.1 Å². The lowest BCUT2D eigenvalue weighted by Crippen LogP contribution is -2.49. The standard InChI is InChI=1S/C24H28N4O4/c1-2-32-23(29)28-12-10-27(11-13-28)21-7-9-25-22-19(21)15-20(26-22)17-3-5-18(6-4-17)24(30)8-14-31-16-24/h3-7,9,15,30H,2,8,10-14,16H2,1H3,(H,25,26)/t24-/m0/s1. The maximum atomic E-state index is 12.0. The van der Waals surface area contributed by atoms with Crippen LogP contribution in [0.15, 0.2) is 42.6 Å². The number of nitrogens with one attached hydrogen (secondary N) is 1. The van der Waals surface area contributed by atoms with Crippen LogP contribution in [-0.4, -0.2) is 72.1 Å². The highest BCUT2D eigenvalue weighted by Gasteiger charge is 2.34. The minimum Gasteiger partial charge on any atom is -0.450 e. The van der Waals surface area contributed by atoms with Crippen molar-refractivity contribution in [3.8, 4) is 11.3 Å². The topological polar surface area (TPSA) is 90.9 Å². The summed E-state index contributed by atoms with van der Waals surface area (Å²) in [5, 5.41) is 11.8. The summed E-state index contributed by atoms with van der Waals surface area (Å²) in [5.74, 6) is 0. The summed E-state index contributed by atoms with van der Waals surface area (Å²) >= 11 is 0. The van der Waals surface area contributed by atoms with Crippen molar-refractivity contribution in [3.05, 3.63) is 48.2 Å². The van der Waals surface area contributed by atoms with Crippen molar-refractivity contribution in [1.82, 2.24) is 14.9 Å². The molecule has 2 N–H and O–H groups in total. The van der Waals surface area contributed by atoms with Crippen LogP contribution in [0.4, 0.5) is 10.5 Å². The Bertz CT molecular complexity index is 1100. The van der Waals surface area contributed by atoms with E-state index < -0.39 is 5.60 Å². The van der Waals surface area contributed by atoms with Gasteiger partial charge >= 0.3 is 6.09 Å². The monoisotopic (exact) mass is 436 g/mol. The van der Waals surface area contributed by atoms with Crippen LogP contribution in [0.2, 0.25) is 0 Å². The number of amides is 1. The minimum absolute atomic E-state index is 0.242. The Morgan fingerprint density at radius 1 is 1.22 bits per heavy atom. The number of hydrogen-bond acceptors (Lipinski definition) is 6. The number of benzene rings is 1. The van der Waals surface area contributed by atoms with E-state index in [0.29, 0.717) is 39.3 Å². The molecule has 0 radical (unpaired) electrons. The number of fused-ring (bicyclic) bond motifs is 1. The molecule has 4 heterocycles. The molecule has 8 nitrogen and oxygen atoms in total. The van der Waals surface area contributed by atoms with Crippen molar-refractivity contribution in [2.24, 2.45) is 0 Å². The Morgan fingerprint density at radius 2 is 2.00 bits per heavy atom. The fourth-order valence-corrected chi connectivity index (χ4v) is 4.53. The van der Waals surface area contributed by atoms with Gasteiger partial charge in [0.25, 0.3) is 0 Å². The van der Waals surface area contributed by atoms with Gasteiger partial charge in [-0.3, -0.25) is 0 Å². The second-order valence-electron chi connectivity index (χ2n) is 8.36. The lowest BCUT2D eigenvalue weighted by molar-refractivity contribution is 0.0232. The summed E-state index contributed by atoms with van der Waals surface area (Å²) in [6.07, 6.45) is 2.19. The zero-order valence-electron chi connectivity index (χ0n) is 18.2. The van der Waals surface area contributed by atoms with E-state index >= 15 is 0 Å². The van der Waals surface area contributed by atoms with Gasteiger partial charge in [-0.25, -0.2) is 9.78 Å². The van der Waals surface area contributed by atoms with Gasteiger partial charge in [-0.05, 0) is 30.2 Å². The first-order valence-electron chi connectivity index (χ1n) is 11.1. The third-order valence-corrected chi connectivity index (χ3v) is 6.39. The molecule has 3 aromatic rings. The Morgan fingerprint density at radius 3 is 2.69 bits per heavy atom. The van der Waals surface area contributed by atoms with Gasteiger partial charge < -0.3 is 29.4 Å². The molecule has 2 aliphatic rings. The zero-order valence-corrected chi connectivity index (χ0v) is 18.2. The predicted molar refractivity (Wildman–Crippen MR) is 122 cm³/mol. The average molecular weight is 437 g/mol. The number of carbonyl (C=O) groups excluding carboxylic acids is 1. The van der Waals surface area contributed by atoms with Crippen molar-refractivity contribution >= 4 is 22.8 Å². The average Bonchev–Trinajstić information content (AvgIpc) is 3.46. The number of piperazine rings is 1. The molecule has 2 saturated heterocycles. The highest BCUT2D eigenvalue weighted by atomic mass is 16.6. The first-order chi connectivity index (χ1) is 15.6. The highest BCUT2D eigenvalue weighted by Crippen LogP contribution is 2.34. The van der Waals surface area contributed by atoms with E-state index in [1.54, 1.807) is 4.90 Å². The quantitative estimate of drug-likeness (QED) is 0.653. The first kappa shape index (κ1) is 20.8. The number of rotatable bonds is 4. The van der Waals surface area contributed by atoms with Gasteiger partial charge in [0.2, 0.25) is 0 Å². The number of pyridine rings is 1. The second-order valence-corrected chi connectivity index (χ2v) is 8.36. The lowest BCUT2D eigenvalue weighted by Gasteiger charge is -2.35. The van der Waals surface area contributed by atoms with Crippen LogP contribution in [0.3, 0.4) is 0 Å². The lowest BCUT2D eigenvalue weighted by atomic mass is 9.92.